The number of ether oxygens (including phenoxy) is 1. The van der Waals surface area contributed by atoms with Gasteiger partial charge in [0.25, 0.3) is 5.91 Å². The van der Waals surface area contributed by atoms with E-state index in [9.17, 15) is 23.1 Å². The van der Waals surface area contributed by atoms with Gasteiger partial charge in [-0.1, -0.05) is 15.9 Å². The van der Waals surface area contributed by atoms with Crippen LogP contribution in [0.1, 0.15) is 15.9 Å². The van der Waals surface area contributed by atoms with Crippen LogP contribution in [0.5, 0.6) is 0 Å². The SMILES string of the molecule is COCC(O)CN(C)C(=O)c1ccc(Br)cc1C(F)(F)F. The smallest absolute Gasteiger partial charge is 0.389 e. The molecule has 118 valence electrons. The zero-order valence-electron chi connectivity index (χ0n) is 11.4. The highest BCUT2D eigenvalue weighted by Gasteiger charge is 2.36. The summed E-state index contributed by atoms with van der Waals surface area (Å²) < 4.78 is 43.9. The van der Waals surface area contributed by atoms with Gasteiger partial charge < -0.3 is 14.7 Å². The molecule has 0 bridgehead atoms. The number of methoxy groups -OCH3 is 1. The molecule has 1 N–H and O–H groups in total. The second-order valence-electron chi connectivity index (χ2n) is 4.48. The maximum absolute atomic E-state index is 13.0. The molecule has 0 aliphatic heterocycles. The number of halogens is 4. The number of amides is 1. The lowest BCUT2D eigenvalue weighted by Gasteiger charge is -2.22. The van der Waals surface area contributed by atoms with E-state index in [1.54, 1.807) is 0 Å². The van der Waals surface area contributed by atoms with E-state index in [1.165, 1.54) is 20.2 Å². The Hall–Kier alpha value is -1.12. The van der Waals surface area contributed by atoms with Crippen molar-refractivity contribution in [2.75, 3.05) is 27.3 Å². The number of carbonyl (C=O) groups is 1. The molecule has 0 saturated heterocycles. The monoisotopic (exact) mass is 369 g/mol. The summed E-state index contributed by atoms with van der Waals surface area (Å²) in [4.78, 5) is 13.2. The molecule has 8 heteroatoms. The van der Waals surface area contributed by atoms with Gasteiger partial charge in [-0.15, -0.1) is 0 Å². The molecule has 0 fully saturated rings. The van der Waals surface area contributed by atoms with Crippen molar-refractivity contribution in [2.45, 2.75) is 12.3 Å². The van der Waals surface area contributed by atoms with Crippen molar-refractivity contribution in [3.8, 4) is 0 Å². The molecule has 1 atom stereocenters. The summed E-state index contributed by atoms with van der Waals surface area (Å²) in [5, 5.41) is 9.54. The number of aliphatic hydroxyl groups is 1. The molecular weight excluding hydrogens is 355 g/mol. The number of likely N-dealkylation sites (N-methyl/N-ethyl adjacent to an activating group) is 1. The summed E-state index contributed by atoms with van der Waals surface area (Å²) in [5.74, 6) is -0.815. The van der Waals surface area contributed by atoms with E-state index in [2.05, 4.69) is 15.9 Å². The third-order valence-corrected chi connectivity index (χ3v) is 3.20. The average Bonchev–Trinajstić information content (AvgIpc) is 2.37. The summed E-state index contributed by atoms with van der Waals surface area (Å²) in [7, 11) is 2.70. The van der Waals surface area contributed by atoms with Crippen LogP contribution in [0.3, 0.4) is 0 Å². The maximum Gasteiger partial charge on any atom is 0.417 e. The largest absolute Gasteiger partial charge is 0.417 e. The second-order valence-corrected chi connectivity index (χ2v) is 5.40. The normalized spacial score (nSPS) is 13.1. The van der Waals surface area contributed by atoms with Crippen LogP contribution in [0.25, 0.3) is 0 Å². The molecule has 0 aliphatic rings. The van der Waals surface area contributed by atoms with Gasteiger partial charge in [0.05, 0.1) is 23.8 Å². The number of hydrogen-bond acceptors (Lipinski definition) is 3. The summed E-state index contributed by atoms with van der Waals surface area (Å²) in [6.07, 6.45) is -5.60. The third kappa shape index (κ3) is 4.98. The molecule has 1 unspecified atom stereocenters. The molecule has 1 aromatic rings. The quantitative estimate of drug-likeness (QED) is 0.867. The molecule has 0 saturated carbocycles. The predicted octanol–water partition coefficient (Wildman–Crippen LogP) is 2.55. The second kappa shape index (κ2) is 7.24. The Morgan fingerprint density at radius 1 is 1.48 bits per heavy atom. The Balaban J connectivity index is 3.02. The Morgan fingerprint density at radius 2 is 2.10 bits per heavy atom. The van der Waals surface area contributed by atoms with Crippen molar-refractivity contribution in [3.63, 3.8) is 0 Å². The highest BCUT2D eigenvalue weighted by atomic mass is 79.9. The zero-order chi connectivity index (χ0) is 16.2. The van der Waals surface area contributed by atoms with Gasteiger partial charge in [-0.3, -0.25) is 4.79 Å². The molecule has 1 amide bonds. The number of carbonyl (C=O) groups excluding carboxylic acids is 1. The fourth-order valence-electron chi connectivity index (χ4n) is 1.79. The lowest BCUT2D eigenvalue weighted by atomic mass is 10.1. The van der Waals surface area contributed by atoms with Crippen molar-refractivity contribution >= 4 is 21.8 Å². The summed E-state index contributed by atoms with van der Waals surface area (Å²) in [5.41, 5.74) is -1.48. The molecule has 1 rings (SSSR count). The number of hydrogen-bond donors (Lipinski definition) is 1. The Labute approximate surface area is 128 Å². The van der Waals surface area contributed by atoms with Crippen molar-refractivity contribution in [2.24, 2.45) is 0 Å². The van der Waals surface area contributed by atoms with E-state index in [-0.39, 0.29) is 17.6 Å². The minimum atomic E-state index is -4.64. The van der Waals surface area contributed by atoms with Crippen LogP contribution in [0.15, 0.2) is 22.7 Å². The van der Waals surface area contributed by atoms with E-state index in [4.69, 9.17) is 4.74 Å². The van der Waals surface area contributed by atoms with Crippen LogP contribution in [0.2, 0.25) is 0 Å². The lowest BCUT2D eigenvalue weighted by molar-refractivity contribution is -0.138. The van der Waals surface area contributed by atoms with Gasteiger partial charge in [0, 0.05) is 25.2 Å². The third-order valence-electron chi connectivity index (χ3n) is 2.71. The van der Waals surface area contributed by atoms with E-state index in [1.807, 2.05) is 0 Å². The minimum Gasteiger partial charge on any atom is -0.389 e. The van der Waals surface area contributed by atoms with E-state index < -0.39 is 29.3 Å². The number of benzene rings is 1. The van der Waals surface area contributed by atoms with E-state index in [0.29, 0.717) is 0 Å². The number of rotatable bonds is 5. The number of nitrogens with zero attached hydrogens (tertiary/aromatic N) is 1. The zero-order valence-corrected chi connectivity index (χ0v) is 13.0. The Kier molecular flexibility index (Phi) is 6.18. The molecule has 0 aliphatic carbocycles. The fraction of sp³-hybridized carbons (Fsp3) is 0.462. The van der Waals surface area contributed by atoms with Crippen LogP contribution < -0.4 is 0 Å². The van der Waals surface area contributed by atoms with Crippen molar-refractivity contribution < 1.29 is 27.8 Å². The van der Waals surface area contributed by atoms with Gasteiger partial charge in [0.1, 0.15) is 0 Å². The molecule has 0 radical (unpaired) electrons. The van der Waals surface area contributed by atoms with Gasteiger partial charge in [0.2, 0.25) is 0 Å². The van der Waals surface area contributed by atoms with Crippen molar-refractivity contribution in [1.82, 2.24) is 4.90 Å². The van der Waals surface area contributed by atoms with Crippen LogP contribution in [0, 0.1) is 0 Å². The van der Waals surface area contributed by atoms with Gasteiger partial charge in [-0.05, 0) is 18.2 Å². The van der Waals surface area contributed by atoms with E-state index >= 15 is 0 Å². The standard InChI is InChI=1S/C13H15BrF3NO3/c1-18(6-9(19)7-21-2)12(20)10-4-3-8(14)5-11(10)13(15,16)17/h3-5,9,19H,6-7H2,1-2H3. The van der Waals surface area contributed by atoms with Gasteiger partial charge in [0.15, 0.2) is 0 Å². The van der Waals surface area contributed by atoms with E-state index in [0.717, 1.165) is 17.0 Å². The first-order valence-electron chi connectivity index (χ1n) is 5.96. The topological polar surface area (TPSA) is 49.8 Å². The van der Waals surface area contributed by atoms with Crippen molar-refractivity contribution in [1.29, 1.82) is 0 Å². The van der Waals surface area contributed by atoms with Gasteiger partial charge in [-0.2, -0.15) is 13.2 Å². The van der Waals surface area contributed by atoms with Crippen LogP contribution in [-0.2, 0) is 10.9 Å². The van der Waals surface area contributed by atoms with Crippen LogP contribution in [-0.4, -0.2) is 49.3 Å². The average molecular weight is 370 g/mol. The first kappa shape index (κ1) is 17.9. The predicted molar refractivity (Wildman–Crippen MR) is 74.0 cm³/mol. The summed E-state index contributed by atoms with van der Waals surface area (Å²) in [6.45, 7) is -0.135. The first-order chi connectivity index (χ1) is 9.66. The molecule has 4 nitrogen and oxygen atoms in total. The first-order valence-corrected chi connectivity index (χ1v) is 6.75. The minimum absolute atomic E-state index is 0.00984. The fourth-order valence-corrected chi connectivity index (χ4v) is 2.15. The molecule has 1 aromatic carbocycles. The summed E-state index contributed by atoms with van der Waals surface area (Å²) >= 11 is 2.95. The van der Waals surface area contributed by atoms with Gasteiger partial charge in [-0.25, -0.2) is 0 Å². The number of alkyl halides is 3. The maximum atomic E-state index is 13.0. The molecule has 0 spiro atoms. The molecule has 0 heterocycles. The molecule has 0 aromatic heterocycles. The highest BCUT2D eigenvalue weighted by Crippen LogP contribution is 2.34. The molecule has 21 heavy (non-hydrogen) atoms. The van der Waals surface area contributed by atoms with Crippen LogP contribution in [0.4, 0.5) is 13.2 Å². The van der Waals surface area contributed by atoms with Crippen molar-refractivity contribution in [3.05, 3.63) is 33.8 Å². The lowest BCUT2D eigenvalue weighted by Crippen LogP contribution is -2.37. The Morgan fingerprint density at radius 3 is 2.62 bits per heavy atom. The van der Waals surface area contributed by atoms with Crippen LogP contribution >= 0.6 is 15.9 Å². The Bertz CT molecular complexity index is 508. The molecular formula is C13H15BrF3NO3. The highest BCUT2D eigenvalue weighted by molar-refractivity contribution is 9.10. The number of aliphatic hydroxyl groups excluding tert-OH is 1. The summed E-state index contributed by atoms with van der Waals surface area (Å²) in [6, 6.07) is 3.32. The van der Waals surface area contributed by atoms with Gasteiger partial charge >= 0.3 is 6.18 Å².